The van der Waals surface area contributed by atoms with E-state index in [1.807, 2.05) is 66.7 Å². The topological polar surface area (TPSA) is 73.9 Å². The Bertz CT molecular complexity index is 1220. The number of nitrogens with one attached hydrogen (secondary N) is 1. The zero-order chi connectivity index (χ0) is 24.5. The van der Waals surface area contributed by atoms with Crippen molar-refractivity contribution < 1.29 is 23.1 Å². The van der Waals surface area contributed by atoms with Gasteiger partial charge in [0.25, 0.3) is 0 Å². The highest BCUT2D eigenvalue weighted by Crippen LogP contribution is 2.59. The summed E-state index contributed by atoms with van der Waals surface area (Å²) in [4.78, 5) is 11.3. The molecule has 0 aliphatic carbocycles. The van der Waals surface area contributed by atoms with Crippen molar-refractivity contribution in [3.63, 3.8) is 0 Å². The Labute approximate surface area is 205 Å². The highest BCUT2D eigenvalue weighted by molar-refractivity contribution is 7.55. The Morgan fingerprint density at radius 2 is 1.20 bits per heavy atom. The molecule has 0 spiro atoms. The number of esters is 1. The van der Waals surface area contributed by atoms with Crippen molar-refractivity contribution >= 4 is 13.6 Å². The third kappa shape index (κ3) is 6.82. The van der Waals surface area contributed by atoms with Crippen molar-refractivity contribution in [2.45, 2.75) is 19.3 Å². The lowest BCUT2D eigenvalue weighted by Gasteiger charge is -2.29. The lowest BCUT2D eigenvalue weighted by atomic mass is 10.2. The van der Waals surface area contributed by atoms with E-state index >= 15 is 0 Å². The van der Waals surface area contributed by atoms with Crippen LogP contribution in [0.1, 0.15) is 23.8 Å². The second-order valence-corrected chi connectivity index (χ2v) is 9.74. The molecule has 0 saturated heterocycles. The maximum absolute atomic E-state index is 14.5. The number of carbonyl (C=O) groups is 1. The predicted molar refractivity (Wildman–Crippen MR) is 136 cm³/mol. The first-order chi connectivity index (χ1) is 17.0. The fraction of sp³-hybridized carbons (Fsp3) is 0.107. The van der Waals surface area contributed by atoms with Crippen LogP contribution in [0.2, 0.25) is 0 Å². The minimum absolute atomic E-state index is 0.394. The second kappa shape index (κ2) is 11.5. The number of hydrogen-bond acceptors (Lipinski definition) is 6. The fourth-order valence-electron chi connectivity index (χ4n) is 3.49. The van der Waals surface area contributed by atoms with Gasteiger partial charge < -0.3 is 13.8 Å². The first-order valence-electron chi connectivity index (χ1n) is 11.2. The summed E-state index contributed by atoms with van der Waals surface area (Å²) in [7, 11) is -3.89. The maximum Gasteiger partial charge on any atom is 0.452 e. The number of ether oxygens (including phenoxy) is 1. The summed E-state index contributed by atoms with van der Waals surface area (Å²) in [6.45, 7) is 1.77. The molecule has 0 aromatic heterocycles. The number of benzene rings is 4. The third-order valence-corrected chi connectivity index (χ3v) is 7.11. The predicted octanol–water partition coefficient (Wildman–Crippen LogP) is 6.75. The monoisotopic (exact) mass is 487 g/mol. The lowest BCUT2D eigenvalue weighted by Crippen LogP contribution is -2.25. The molecule has 178 valence electrons. The van der Waals surface area contributed by atoms with Crippen LogP contribution in [0.5, 0.6) is 17.2 Å². The van der Waals surface area contributed by atoms with Gasteiger partial charge in [-0.25, -0.2) is 4.57 Å². The average Bonchev–Trinajstić information content (AvgIpc) is 2.86. The van der Waals surface area contributed by atoms with Gasteiger partial charge in [0.05, 0.1) is 0 Å². The van der Waals surface area contributed by atoms with Crippen LogP contribution in [-0.4, -0.2) is 5.97 Å². The van der Waals surface area contributed by atoms with Gasteiger partial charge in [-0.3, -0.25) is 10.1 Å². The van der Waals surface area contributed by atoms with Crippen LogP contribution in [0.25, 0.3) is 0 Å². The van der Waals surface area contributed by atoms with Gasteiger partial charge in [-0.2, -0.15) is 0 Å². The molecule has 0 heterocycles. The molecule has 1 unspecified atom stereocenters. The van der Waals surface area contributed by atoms with E-state index < -0.39 is 19.3 Å². The van der Waals surface area contributed by atoms with Crippen molar-refractivity contribution in [1.82, 2.24) is 5.32 Å². The Morgan fingerprint density at radius 3 is 1.69 bits per heavy atom. The van der Waals surface area contributed by atoms with E-state index in [0.29, 0.717) is 29.4 Å². The molecule has 4 aromatic carbocycles. The van der Waals surface area contributed by atoms with Crippen molar-refractivity contribution in [3.05, 3.63) is 126 Å². The van der Waals surface area contributed by atoms with E-state index in [1.54, 1.807) is 48.5 Å². The third-order valence-electron chi connectivity index (χ3n) is 5.07. The van der Waals surface area contributed by atoms with Crippen LogP contribution in [0, 0.1) is 0 Å². The summed E-state index contributed by atoms with van der Waals surface area (Å²) in [5.74, 6) is 0.00644. The summed E-state index contributed by atoms with van der Waals surface area (Å²) in [6, 6.07) is 34.5. The molecule has 0 bridgehead atoms. The van der Waals surface area contributed by atoms with Gasteiger partial charge in [0, 0.05) is 13.5 Å². The molecule has 0 amide bonds. The van der Waals surface area contributed by atoms with Gasteiger partial charge in [0.15, 0.2) is 5.78 Å². The molecule has 0 aliphatic rings. The Kier molecular flexibility index (Phi) is 7.99. The number of rotatable bonds is 10. The summed E-state index contributed by atoms with van der Waals surface area (Å²) >= 11 is 0. The van der Waals surface area contributed by atoms with E-state index in [9.17, 15) is 9.36 Å². The molecule has 1 N–H and O–H groups in total. The Hall–Kier alpha value is -3.86. The van der Waals surface area contributed by atoms with E-state index in [-0.39, 0.29) is 0 Å². The van der Waals surface area contributed by atoms with Crippen molar-refractivity contribution in [2.24, 2.45) is 0 Å². The minimum atomic E-state index is -3.89. The maximum atomic E-state index is 14.5. The number of carbonyl (C=O) groups excluding carboxylic acids is 1. The van der Waals surface area contributed by atoms with Crippen LogP contribution < -0.4 is 19.1 Å². The summed E-state index contributed by atoms with van der Waals surface area (Å²) in [5.41, 5.74) is 1.67. The highest BCUT2D eigenvalue weighted by atomic mass is 31.2. The quantitative estimate of drug-likeness (QED) is 0.152. The molecular weight excluding hydrogens is 461 g/mol. The Morgan fingerprint density at radius 1 is 0.714 bits per heavy atom. The van der Waals surface area contributed by atoms with E-state index in [1.165, 1.54) is 6.92 Å². The fourth-order valence-corrected chi connectivity index (χ4v) is 5.42. The zero-order valence-electron chi connectivity index (χ0n) is 19.2. The first-order valence-corrected chi connectivity index (χ1v) is 12.8. The molecular formula is C28H26NO5P. The molecule has 1 atom stereocenters. The first kappa shape index (κ1) is 24.3. The van der Waals surface area contributed by atoms with Gasteiger partial charge in [0.1, 0.15) is 17.2 Å². The molecule has 0 radical (unpaired) electrons. The van der Waals surface area contributed by atoms with Gasteiger partial charge in [-0.05, 0) is 47.5 Å². The second-order valence-electron chi connectivity index (χ2n) is 7.78. The van der Waals surface area contributed by atoms with Crippen LogP contribution in [-0.2, 0) is 15.9 Å². The summed E-state index contributed by atoms with van der Waals surface area (Å²) in [6.07, 6.45) is 0. The lowest BCUT2D eigenvalue weighted by molar-refractivity contribution is -0.131. The standard InChI is InChI=1S/C28H26NO5P/c1-22(30)32-25-19-17-24(18-20-25)28(29-21-23-11-5-2-6-12-23)35(31,33-26-13-7-3-8-14-26)34-27-15-9-4-10-16-27/h2-20,28-29H,21H2,1H3. The normalized spacial score (nSPS) is 11.9. The van der Waals surface area contributed by atoms with Crippen molar-refractivity contribution in [3.8, 4) is 17.2 Å². The molecule has 35 heavy (non-hydrogen) atoms. The Balaban J connectivity index is 1.73. The SMILES string of the molecule is CC(=O)Oc1ccc(C(NCc2ccccc2)P(=O)(Oc2ccccc2)Oc2ccccc2)cc1. The molecule has 4 rings (SSSR count). The molecule has 6 nitrogen and oxygen atoms in total. The van der Waals surface area contributed by atoms with E-state index in [4.69, 9.17) is 13.8 Å². The molecule has 4 aromatic rings. The van der Waals surface area contributed by atoms with E-state index in [0.717, 1.165) is 5.56 Å². The minimum Gasteiger partial charge on any atom is -0.427 e. The summed E-state index contributed by atoms with van der Waals surface area (Å²) < 4.78 is 31.9. The van der Waals surface area contributed by atoms with Crippen LogP contribution in [0.4, 0.5) is 0 Å². The van der Waals surface area contributed by atoms with E-state index in [2.05, 4.69) is 5.32 Å². The summed E-state index contributed by atoms with van der Waals surface area (Å²) in [5, 5.41) is 3.37. The van der Waals surface area contributed by atoms with Gasteiger partial charge in [-0.15, -0.1) is 0 Å². The average molecular weight is 487 g/mol. The highest BCUT2D eigenvalue weighted by Gasteiger charge is 2.40. The van der Waals surface area contributed by atoms with Gasteiger partial charge in [0.2, 0.25) is 0 Å². The molecule has 7 heteroatoms. The number of hydrogen-bond donors (Lipinski definition) is 1. The zero-order valence-corrected chi connectivity index (χ0v) is 20.1. The van der Waals surface area contributed by atoms with Crippen LogP contribution in [0.15, 0.2) is 115 Å². The van der Waals surface area contributed by atoms with Crippen molar-refractivity contribution in [2.75, 3.05) is 0 Å². The largest absolute Gasteiger partial charge is 0.452 e. The molecule has 0 saturated carbocycles. The van der Waals surface area contributed by atoms with Gasteiger partial charge >= 0.3 is 13.6 Å². The molecule has 0 fully saturated rings. The van der Waals surface area contributed by atoms with Crippen LogP contribution >= 0.6 is 7.60 Å². The molecule has 0 aliphatic heterocycles. The van der Waals surface area contributed by atoms with Crippen LogP contribution in [0.3, 0.4) is 0 Å². The van der Waals surface area contributed by atoms with Crippen molar-refractivity contribution in [1.29, 1.82) is 0 Å². The number of para-hydroxylation sites is 2. The smallest absolute Gasteiger partial charge is 0.427 e. The van der Waals surface area contributed by atoms with Gasteiger partial charge in [-0.1, -0.05) is 78.9 Å².